The van der Waals surface area contributed by atoms with Crippen molar-refractivity contribution < 1.29 is 9.00 Å². The number of nitrogens with zero attached hydrogens (tertiary/aromatic N) is 1. The quantitative estimate of drug-likeness (QED) is 0.470. The van der Waals surface area contributed by atoms with Crippen molar-refractivity contribution >= 4 is 17.2 Å². The van der Waals surface area contributed by atoms with E-state index < -0.39 is 10.8 Å². The van der Waals surface area contributed by atoms with Gasteiger partial charge in [-0.2, -0.15) is 0 Å². The first-order chi connectivity index (χ1) is 6.33. The fourth-order valence-corrected chi connectivity index (χ4v) is 2.49. The van der Waals surface area contributed by atoms with E-state index in [1.165, 1.54) is 0 Å². The lowest BCUT2D eigenvalue weighted by Gasteiger charge is -2.25. The first-order valence-corrected chi connectivity index (χ1v) is 6.06. The number of hydrogen-bond donors (Lipinski definition) is 1. The van der Waals surface area contributed by atoms with E-state index in [9.17, 15) is 9.00 Å². The van der Waals surface area contributed by atoms with E-state index >= 15 is 0 Å². The summed E-state index contributed by atoms with van der Waals surface area (Å²) >= 11 is 0. The van der Waals surface area contributed by atoms with Crippen LogP contribution in [0.25, 0.3) is 0 Å². The molecule has 0 aromatic carbocycles. The molecule has 76 valence electrons. The molecule has 4 nitrogen and oxygen atoms in total. The van der Waals surface area contributed by atoms with Crippen molar-refractivity contribution in [3.8, 4) is 0 Å². The topological polar surface area (TPSA) is 49.4 Å². The normalized spacial score (nSPS) is 20.0. The first-order valence-electron chi connectivity index (χ1n) is 4.57. The van der Waals surface area contributed by atoms with Crippen LogP contribution in [-0.4, -0.2) is 53.2 Å². The summed E-state index contributed by atoms with van der Waals surface area (Å²) in [4.78, 5) is 12.2. The molecule has 0 unspecified atom stereocenters. The van der Waals surface area contributed by atoms with Gasteiger partial charge in [0.05, 0.1) is 0 Å². The Morgan fingerprint density at radius 3 is 2.69 bits per heavy atom. The van der Waals surface area contributed by atoms with Crippen molar-refractivity contribution in [3.63, 3.8) is 0 Å². The smallest absolute Gasteiger partial charge is 0.207 e. The summed E-state index contributed by atoms with van der Waals surface area (Å²) in [6.07, 6.45) is 1.70. The maximum absolute atomic E-state index is 11.0. The largest absolute Gasteiger partial charge is 0.359 e. The number of carbonyl (C=O) groups excluding carboxylic acids is 1. The minimum absolute atomic E-state index is 0.583. The van der Waals surface area contributed by atoms with E-state index in [1.807, 2.05) is 0 Å². The molecule has 0 aliphatic carbocycles. The van der Waals surface area contributed by atoms with Gasteiger partial charge < -0.3 is 10.2 Å². The SMILES string of the molecule is O=CNCCCN1CCS(=O)CC1. The lowest BCUT2D eigenvalue weighted by atomic mass is 10.3. The predicted octanol–water partition coefficient (Wildman–Crippen LogP) is -0.813. The fourth-order valence-electron chi connectivity index (χ4n) is 1.36. The molecule has 1 N–H and O–H groups in total. The van der Waals surface area contributed by atoms with Gasteiger partial charge in [0.25, 0.3) is 0 Å². The summed E-state index contributed by atoms with van der Waals surface area (Å²) < 4.78 is 11.0. The second-order valence-corrected chi connectivity index (χ2v) is 4.81. The Labute approximate surface area is 81.1 Å². The number of nitrogens with one attached hydrogen (secondary N) is 1. The van der Waals surface area contributed by atoms with Gasteiger partial charge in [0.2, 0.25) is 6.41 Å². The van der Waals surface area contributed by atoms with Gasteiger partial charge in [-0.3, -0.25) is 9.00 Å². The van der Waals surface area contributed by atoms with Crippen LogP contribution >= 0.6 is 0 Å². The van der Waals surface area contributed by atoms with Crippen molar-refractivity contribution in [3.05, 3.63) is 0 Å². The van der Waals surface area contributed by atoms with E-state index in [-0.39, 0.29) is 0 Å². The monoisotopic (exact) mass is 204 g/mol. The summed E-state index contributed by atoms with van der Waals surface area (Å²) in [5, 5.41) is 2.63. The van der Waals surface area contributed by atoms with Crippen LogP contribution < -0.4 is 5.32 Å². The molecule has 0 atom stereocenters. The van der Waals surface area contributed by atoms with E-state index in [0.717, 1.165) is 50.5 Å². The average molecular weight is 204 g/mol. The summed E-state index contributed by atoms with van der Waals surface area (Å²) in [5.41, 5.74) is 0. The van der Waals surface area contributed by atoms with Crippen molar-refractivity contribution in [1.29, 1.82) is 0 Å². The van der Waals surface area contributed by atoms with Crippen molar-refractivity contribution in [2.45, 2.75) is 6.42 Å². The van der Waals surface area contributed by atoms with Gasteiger partial charge in [-0.05, 0) is 13.0 Å². The molecule has 0 radical (unpaired) electrons. The van der Waals surface area contributed by atoms with Crippen LogP contribution in [0.2, 0.25) is 0 Å². The second kappa shape index (κ2) is 6.10. The minimum Gasteiger partial charge on any atom is -0.359 e. The minimum atomic E-state index is -0.583. The van der Waals surface area contributed by atoms with Crippen LogP contribution in [-0.2, 0) is 15.6 Å². The Morgan fingerprint density at radius 1 is 1.38 bits per heavy atom. The highest BCUT2D eigenvalue weighted by molar-refractivity contribution is 7.85. The number of hydrogen-bond acceptors (Lipinski definition) is 3. The maximum atomic E-state index is 11.0. The number of rotatable bonds is 5. The third kappa shape index (κ3) is 4.38. The highest BCUT2D eigenvalue weighted by Crippen LogP contribution is 2.00. The molecule has 1 amide bonds. The summed E-state index contributed by atoms with van der Waals surface area (Å²) in [7, 11) is -0.583. The molecule has 5 heteroatoms. The molecule has 1 aliphatic heterocycles. The molecule has 0 aromatic rings. The molecule has 1 fully saturated rings. The molecule has 0 aromatic heterocycles. The molecule has 1 rings (SSSR count). The molecule has 1 heterocycles. The number of carbonyl (C=O) groups is 1. The Bertz CT molecular complexity index is 177. The third-order valence-corrected chi connectivity index (χ3v) is 3.42. The van der Waals surface area contributed by atoms with Gasteiger partial charge in [0, 0.05) is 41.9 Å². The Hall–Kier alpha value is -0.420. The van der Waals surface area contributed by atoms with Crippen LogP contribution in [0.15, 0.2) is 0 Å². The third-order valence-electron chi connectivity index (χ3n) is 2.15. The molecule has 0 spiro atoms. The Kier molecular flexibility index (Phi) is 5.00. The van der Waals surface area contributed by atoms with Gasteiger partial charge in [-0.1, -0.05) is 0 Å². The van der Waals surface area contributed by atoms with E-state index in [4.69, 9.17) is 0 Å². The summed E-state index contributed by atoms with van der Waals surface area (Å²) in [5.74, 6) is 1.61. The van der Waals surface area contributed by atoms with Gasteiger partial charge in [-0.25, -0.2) is 0 Å². The first kappa shape index (κ1) is 10.7. The standard InChI is InChI=1S/C8H16N2O2S/c11-8-9-2-1-3-10-4-6-13(12)7-5-10/h8H,1-7H2,(H,9,11). The van der Waals surface area contributed by atoms with Crippen LogP contribution in [0.5, 0.6) is 0 Å². The van der Waals surface area contributed by atoms with E-state index in [1.54, 1.807) is 0 Å². The Balaban J connectivity index is 2.02. The highest BCUT2D eigenvalue weighted by Gasteiger charge is 2.13. The van der Waals surface area contributed by atoms with Gasteiger partial charge in [0.15, 0.2) is 0 Å². The van der Waals surface area contributed by atoms with Gasteiger partial charge in [0.1, 0.15) is 0 Å². The van der Waals surface area contributed by atoms with Crippen molar-refractivity contribution in [2.75, 3.05) is 37.7 Å². The number of amides is 1. The van der Waals surface area contributed by atoms with Crippen LogP contribution in [0, 0.1) is 0 Å². The lowest BCUT2D eigenvalue weighted by Crippen LogP contribution is -2.38. The Morgan fingerprint density at radius 2 is 2.08 bits per heavy atom. The molecular weight excluding hydrogens is 188 g/mol. The van der Waals surface area contributed by atoms with E-state index in [0.29, 0.717) is 0 Å². The predicted molar refractivity (Wildman–Crippen MR) is 53.0 cm³/mol. The molecule has 0 bridgehead atoms. The summed E-state index contributed by atoms with van der Waals surface area (Å²) in [6.45, 7) is 3.61. The zero-order chi connectivity index (χ0) is 9.52. The molecule has 13 heavy (non-hydrogen) atoms. The lowest BCUT2D eigenvalue weighted by molar-refractivity contribution is -0.109. The van der Waals surface area contributed by atoms with Crippen LogP contribution in [0.1, 0.15) is 6.42 Å². The zero-order valence-corrected chi connectivity index (χ0v) is 8.52. The maximum Gasteiger partial charge on any atom is 0.207 e. The molecule has 1 saturated heterocycles. The van der Waals surface area contributed by atoms with Crippen LogP contribution in [0.4, 0.5) is 0 Å². The molecule has 0 saturated carbocycles. The molecule has 1 aliphatic rings. The van der Waals surface area contributed by atoms with E-state index in [2.05, 4.69) is 10.2 Å². The van der Waals surface area contributed by atoms with Crippen LogP contribution in [0.3, 0.4) is 0 Å². The highest BCUT2D eigenvalue weighted by atomic mass is 32.2. The average Bonchev–Trinajstić information content (AvgIpc) is 2.15. The fraction of sp³-hybridized carbons (Fsp3) is 0.875. The summed E-state index contributed by atoms with van der Waals surface area (Å²) in [6, 6.07) is 0. The van der Waals surface area contributed by atoms with Gasteiger partial charge >= 0.3 is 0 Å². The van der Waals surface area contributed by atoms with Gasteiger partial charge in [-0.15, -0.1) is 0 Å². The zero-order valence-electron chi connectivity index (χ0n) is 7.70. The van der Waals surface area contributed by atoms with Crippen molar-refractivity contribution in [1.82, 2.24) is 10.2 Å². The van der Waals surface area contributed by atoms with Crippen molar-refractivity contribution in [2.24, 2.45) is 0 Å². The second-order valence-electron chi connectivity index (χ2n) is 3.12. The molecular formula is C8H16N2O2S.